The van der Waals surface area contributed by atoms with Crippen LogP contribution in [0.3, 0.4) is 0 Å². The maximum Gasteiger partial charge on any atom is 0.254 e. The lowest BCUT2D eigenvalue weighted by atomic mass is 9.78. The molecular formula is C27H29N3O2. The first-order valence-corrected chi connectivity index (χ1v) is 11.1. The quantitative estimate of drug-likeness (QED) is 0.583. The van der Waals surface area contributed by atoms with Crippen molar-refractivity contribution >= 4 is 11.8 Å². The summed E-state index contributed by atoms with van der Waals surface area (Å²) in [4.78, 5) is 35.4. The van der Waals surface area contributed by atoms with Crippen molar-refractivity contribution in [3.05, 3.63) is 101 Å². The smallest absolute Gasteiger partial charge is 0.254 e. The molecule has 3 aromatic rings. The highest BCUT2D eigenvalue weighted by Gasteiger charge is 2.45. The van der Waals surface area contributed by atoms with Crippen molar-refractivity contribution in [1.82, 2.24) is 14.8 Å². The number of carbonyl (C=O) groups is 2. The Hall–Kier alpha value is -3.47. The number of carbonyl (C=O) groups excluding carboxylic acids is 2. The highest BCUT2D eigenvalue weighted by molar-refractivity contribution is 6.01. The fourth-order valence-corrected chi connectivity index (χ4v) is 4.56. The predicted molar refractivity (Wildman–Crippen MR) is 125 cm³/mol. The van der Waals surface area contributed by atoms with Crippen LogP contribution in [-0.4, -0.2) is 46.2 Å². The van der Waals surface area contributed by atoms with Gasteiger partial charge in [-0.3, -0.25) is 14.6 Å². The summed E-state index contributed by atoms with van der Waals surface area (Å²) in [5.41, 5.74) is 3.35. The Bertz CT molecular complexity index is 1080. The molecule has 2 atom stereocenters. The van der Waals surface area contributed by atoms with Crippen molar-refractivity contribution in [2.24, 2.45) is 0 Å². The number of benzene rings is 2. The molecule has 1 aliphatic heterocycles. The molecule has 0 N–H and O–H groups in total. The van der Waals surface area contributed by atoms with Crippen molar-refractivity contribution in [2.75, 3.05) is 13.6 Å². The molecular weight excluding hydrogens is 398 g/mol. The molecule has 2 heterocycles. The van der Waals surface area contributed by atoms with Gasteiger partial charge in [0.1, 0.15) is 0 Å². The maximum atomic E-state index is 13.9. The molecule has 0 bridgehead atoms. The van der Waals surface area contributed by atoms with Crippen LogP contribution in [0.5, 0.6) is 0 Å². The average molecular weight is 428 g/mol. The van der Waals surface area contributed by atoms with Crippen molar-refractivity contribution < 1.29 is 9.59 Å². The minimum atomic E-state index is -0.470. The number of rotatable bonds is 6. The number of hydrogen-bond donors (Lipinski definition) is 0. The average Bonchev–Trinajstić information content (AvgIpc) is 2.83. The SMILES string of the molecule is CC(C)N1C(=O)c2ccccc2[C@@H](C(=O)N(C)CCc2ccccn2)[C@@H]1c1ccccc1. The van der Waals surface area contributed by atoms with Gasteiger partial charge in [-0.2, -0.15) is 0 Å². The minimum Gasteiger partial charge on any atom is -0.345 e. The van der Waals surface area contributed by atoms with Crippen LogP contribution in [0.2, 0.25) is 0 Å². The number of hydrogen-bond acceptors (Lipinski definition) is 3. The third kappa shape index (κ3) is 4.15. The van der Waals surface area contributed by atoms with Crippen LogP contribution >= 0.6 is 0 Å². The fraction of sp³-hybridized carbons (Fsp3) is 0.296. The summed E-state index contributed by atoms with van der Waals surface area (Å²) in [5, 5.41) is 0. The van der Waals surface area contributed by atoms with Gasteiger partial charge in [0.25, 0.3) is 5.91 Å². The summed E-state index contributed by atoms with van der Waals surface area (Å²) in [6, 6.07) is 22.9. The standard InChI is InChI=1S/C27H29N3O2/c1-19(2)30-25(20-11-5-4-6-12-20)24(22-14-7-8-15-23(22)26(30)31)27(32)29(3)18-16-21-13-9-10-17-28-21/h4-15,17,19,24-25H,16,18H2,1-3H3/t24-,25+/m1/s1. The zero-order chi connectivity index (χ0) is 22.7. The highest BCUT2D eigenvalue weighted by atomic mass is 16.2. The molecule has 0 radical (unpaired) electrons. The first kappa shape index (κ1) is 21.8. The number of pyridine rings is 1. The summed E-state index contributed by atoms with van der Waals surface area (Å²) in [5.74, 6) is -0.479. The van der Waals surface area contributed by atoms with Crippen LogP contribution in [-0.2, 0) is 11.2 Å². The summed E-state index contributed by atoms with van der Waals surface area (Å²) < 4.78 is 0. The number of aromatic nitrogens is 1. The van der Waals surface area contributed by atoms with Gasteiger partial charge in [-0.15, -0.1) is 0 Å². The molecule has 0 saturated carbocycles. The predicted octanol–water partition coefficient (Wildman–Crippen LogP) is 4.47. The number of fused-ring (bicyclic) bond motifs is 1. The third-order valence-electron chi connectivity index (χ3n) is 6.15. The van der Waals surface area contributed by atoms with Gasteiger partial charge in [-0.25, -0.2) is 0 Å². The second-order valence-electron chi connectivity index (χ2n) is 8.56. The lowest BCUT2D eigenvalue weighted by Crippen LogP contribution is -2.50. The van der Waals surface area contributed by atoms with Gasteiger partial charge < -0.3 is 9.80 Å². The highest BCUT2D eigenvalue weighted by Crippen LogP contribution is 2.44. The molecule has 0 saturated heterocycles. The van der Waals surface area contributed by atoms with Gasteiger partial charge in [-0.1, -0.05) is 54.6 Å². The Kier molecular flexibility index (Phi) is 6.35. The lowest BCUT2D eigenvalue weighted by Gasteiger charge is -2.45. The molecule has 5 nitrogen and oxygen atoms in total. The Labute approximate surface area is 189 Å². The maximum absolute atomic E-state index is 13.9. The Morgan fingerprint density at radius 3 is 2.38 bits per heavy atom. The van der Waals surface area contributed by atoms with Crippen molar-refractivity contribution in [3.63, 3.8) is 0 Å². The fourth-order valence-electron chi connectivity index (χ4n) is 4.56. The zero-order valence-corrected chi connectivity index (χ0v) is 18.8. The normalized spacial score (nSPS) is 17.9. The van der Waals surface area contributed by atoms with E-state index in [9.17, 15) is 9.59 Å². The van der Waals surface area contributed by atoms with Gasteiger partial charge in [-0.05, 0) is 43.2 Å². The number of amides is 2. The molecule has 0 aliphatic carbocycles. The van der Waals surface area contributed by atoms with E-state index in [0.29, 0.717) is 18.5 Å². The van der Waals surface area contributed by atoms with Crippen molar-refractivity contribution in [1.29, 1.82) is 0 Å². The summed E-state index contributed by atoms with van der Waals surface area (Å²) in [7, 11) is 1.84. The van der Waals surface area contributed by atoms with E-state index >= 15 is 0 Å². The van der Waals surface area contributed by atoms with Crippen LogP contribution in [0.25, 0.3) is 0 Å². The van der Waals surface area contributed by atoms with E-state index in [1.54, 1.807) is 11.1 Å². The second kappa shape index (κ2) is 9.35. The van der Waals surface area contributed by atoms with Gasteiger partial charge in [0.05, 0.1) is 12.0 Å². The topological polar surface area (TPSA) is 53.5 Å². The molecule has 1 aliphatic rings. The van der Waals surface area contributed by atoms with Crippen molar-refractivity contribution in [2.45, 2.75) is 38.3 Å². The Balaban J connectivity index is 1.74. The summed E-state index contributed by atoms with van der Waals surface area (Å²) in [6.07, 6.45) is 2.45. The zero-order valence-electron chi connectivity index (χ0n) is 18.8. The van der Waals surface area contributed by atoms with Gasteiger partial charge in [0.15, 0.2) is 0 Å². The van der Waals surface area contributed by atoms with E-state index in [2.05, 4.69) is 4.98 Å². The van der Waals surface area contributed by atoms with Crippen LogP contribution < -0.4 is 0 Å². The molecule has 164 valence electrons. The van der Waals surface area contributed by atoms with E-state index in [4.69, 9.17) is 0 Å². The van der Waals surface area contributed by atoms with Crippen molar-refractivity contribution in [3.8, 4) is 0 Å². The van der Waals surface area contributed by atoms with E-state index in [-0.39, 0.29) is 23.9 Å². The third-order valence-corrected chi connectivity index (χ3v) is 6.15. The Morgan fingerprint density at radius 1 is 1.00 bits per heavy atom. The Morgan fingerprint density at radius 2 is 1.69 bits per heavy atom. The lowest BCUT2D eigenvalue weighted by molar-refractivity contribution is -0.133. The van der Waals surface area contributed by atoms with Crippen LogP contribution in [0.4, 0.5) is 0 Å². The molecule has 1 aromatic heterocycles. The van der Waals surface area contributed by atoms with E-state index in [0.717, 1.165) is 16.8 Å². The summed E-state index contributed by atoms with van der Waals surface area (Å²) in [6.45, 7) is 4.58. The van der Waals surface area contributed by atoms with E-state index in [1.807, 2.05) is 98.6 Å². The van der Waals surface area contributed by atoms with Gasteiger partial charge in [0.2, 0.25) is 5.91 Å². The molecule has 2 aromatic carbocycles. The van der Waals surface area contributed by atoms with Gasteiger partial charge in [0, 0.05) is 43.5 Å². The minimum absolute atomic E-state index is 0.0142. The van der Waals surface area contributed by atoms with E-state index in [1.165, 1.54) is 0 Å². The molecule has 0 unspecified atom stereocenters. The number of likely N-dealkylation sites (N-methyl/N-ethyl adjacent to an activating group) is 1. The molecule has 5 heteroatoms. The first-order chi connectivity index (χ1) is 15.5. The molecule has 2 amide bonds. The van der Waals surface area contributed by atoms with Crippen LogP contribution in [0, 0.1) is 0 Å². The van der Waals surface area contributed by atoms with E-state index < -0.39 is 5.92 Å². The van der Waals surface area contributed by atoms with Gasteiger partial charge >= 0.3 is 0 Å². The van der Waals surface area contributed by atoms with Crippen LogP contribution in [0.1, 0.15) is 53.0 Å². The first-order valence-electron chi connectivity index (χ1n) is 11.1. The monoisotopic (exact) mass is 427 g/mol. The molecule has 0 spiro atoms. The summed E-state index contributed by atoms with van der Waals surface area (Å²) >= 11 is 0. The second-order valence-corrected chi connectivity index (χ2v) is 8.56. The molecule has 4 rings (SSSR count). The molecule has 0 fully saturated rings. The largest absolute Gasteiger partial charge is 0.345 e. The molecule has 32 heavy (non-hydrogen) atoms. The van der Waals surface area contributed by atoms with Crippen LogP contribution in [0.15, 0.2) is 79.0 Å². The number of nitrogens with zero attached hydrogens (tertiary/aromatic N) is 3.